The van der Waals surface area contributed by atoms with Gasteiger partial charge in [-0.25, -0.2) is 0 Å². The maximum Gasteiger partial charge on any atom is 0.223 e. The monoisotopic (exact) mass is 430 g/mol. The molecule has 0 bridgehead atoms. The lowest BCUT2D eigenvalue weighted by Gasteiger charge is -2.36. The van der Waals surface area contributed by atoms with E-state index in [0.29, 0.717) is 32.4 Å². The summed E-state index contributed by atoms with van der Waals surface area (Å²) in [7, 11) is 0. The third-order valence-electron chi connectivity index (χ3n) is 6.78. The first kappa shape index (κ1) is 20.7. The van der Waals surface area contributed by atoms with Gasteiger partial charge in [-0.2, -0.15) is 0 Å². The van der Waals surface area contributed by atoms with Crippen LogP contribution in [0, 0.1) is 6.92 Å². The molecule has 166 valence electrons. The van der Waals surface area contributed by atoms with Crippen LogP contribution >= 0.6 is 0 Å². The van der Waals surface area contributed by atoms with Crippen molar-refractivity contribution in [2.24, 2.45) is 0 Å². The Morgan fingerprint density at radius 2 is 1.97 bits per heavy atom. The molecule has 1 fully saturated rings. The number of aryl methyl sites for hydroxylation is 1. The van der Waals surface area contributed by atoms with Crippen LogP contribution in [0.4, 0.5) is 0 Å². The fraction of sp³-hybridized carbons (Fsp3) is 0.423. The number of H-pyrrole nitrogens is 1. The van der Waals surface area contributed by atoms with Gasteiger partial charge in [-0.05, 0) is 56.4 Å². The van der Waals surface area contributed by atoms with Crippen LogP contribution in [0.5, 0.6) is 0 Å². The van der Waals surface area contributed by atoms with Gasteiger partial charge < -0.3 is 14.8 Å². The molecule has 1 atom stereocenters. The van der Waals surface area contributed by atoms with Crippen molar-refractivity contribution in [3.05, 3.63) is 65.1 Å². The number of aromatic amines is 1. The van der Waals surface area contributed by atoms with Crippen molar-refractivity contribution in [3.8, 4) is 0 Å². The molecule has 2 amide bonds. The Bertz CT molecular complexity index is 1150. The number of nitrogens with zero attached hydrogens (tertiary/aromatic N) is 3. The number of para-hydroxylation sites is 1. The van der Waals surface area contributed by atoms with Gasteiger partial charge in [0.15, 0.2) is 0 Å². The van der Waals surface area contributed by atoms with Crippen LogP contribution in [0.2, 0.25) is 0 Å². The van der Waals surface area contributed by atoms with Gasteiger partial charge in [0.1, 0.15) is 6.04 Å². The van der Waals surface area contributed by atoms with E-state index < -0.39 is 0 Å². The highest BCUT2D eigenvalue weighted by atomic mass is 16.2. The summed E-state index contributed by atoms with van der Waals surface area (Å²) in [6.07, 6.45) is 4.68. The molecule has 1 aromatic carbocycles. The summed E-state index contributed by atoms with van der Waals surface area (Å²) in [5.74, 6) is 0.360. The first-order valence-electron chi connectivity index (χ1n) is 11.7. The number of likely N-dealkylation sites (tertiary alicyclic amines) is 1. The standard InChI is InChI=1S/C26H30N4O2/c1-18-8-6-11-22(27-18)26-25-20(19-9-2-3-10-21(19)28-25)14-17-30(26)24(32)13-7-16-29-15-5-4-12-23(29)31/h2-3,6,8-11,26,28H,4-5,7,12-17H2,1H3/t26-/m1/s1. The van der Waals surface area contributed by atoms with Crippen molar-refractivity contribution < 1.29 is 9.59 Å². The summed E-state index contributed by atoms with van der Waals surface area (Å²) in [6.45, 7) is 4.16. The average molecular weight is 431 g/mol. The fourth-order valence-electron chi connectivity index (χ4n) is 5.20. The zero-order chi connectivity index (χ0) is 22.1. The van der Waals surface area contributed by atoms with E-state index in [1.807, 2.05) is 41.0 Å². The molecule has 2 aromatic heterocycles. The smallest absolute Gasteiger partial charge is 0.223 e. The Balaban J connectivity index is 1.40. The summed E-state index contributed by atoms with van der Waals surface area (Å²) in [6, 6.07) is 14.2. The lowest BCUT2D eigenvalue weighted by atomic mass is 9.94. The number of pyridine rings is 1. The molecule has 32 heavy (non-hydrogen) atoms. The minimum Gasteiger partial charge on any atom is -0.356 e. The second kappa shape index (κ2) is 8.77. The highest BCUT2D eigenvalue weighted by Crippen LogP contribution is 2.38. The second-order valence-corrected chi connectivity index (χ2v) is 8.95. The van der Waals surface area contributed by atoms with E-state index in [4.69, 9.17) is 4.98 Å². The second-order valence-electron chi connectivity index (χ2n) is 8.95. The van der Waals surface area contributed by atoms with Crippen molar-refractivity contribution >= 4 is 22.7 Å². The molecule has 1 saturated heterocycles. The number of aromatic nitrogens is 2. The van der Waals surface area contributed by atoms with Crippen LogP contribution < -0.4 is 0 Å². The predicted molar refractivity (Wildman–Crippen MR) is 124 cm³/mol. The highest BCUT2D eigenvalue weighted by molar-refractivity contribution is 5.86. The van der Waals surface area contributed by atoms with Crippen LogP contribution in [0.3, 0.4) is 0 Å². The summed E-state index contributed by atoms with van der Waals surface area (Å²) in [4.78, 5) is 37.8. The average Bonchev–Trinajstić information content (AvgIpc) is 3.18. The molecule has 6 heteroatoms. The predicted octanol–water partition coefficient (Wildman–Crippen LogP) is 4.14. The van der Waals surface area contributed by atoms with Gasteiger partial charge in [0.2, 0.25) is 11.8 Å². The molecule has 6 nitrogen and oxygen atoms in total. The van der Waals surface area contributed by atoms with Crippen LogP contribution in [0.25, 0.3) is 10.9 Å². The molecular formula is C26H30N4O2. The first-order chi connectivity index (χ1) is 15.6. The molecule has 0 unspecified atom stereocenters. The van der Waals surface area contributed by atoms with E-state index in [1.54, 1.807) is 0 Å². The number of amides is 2. The van der Waals surface area contributed by atoms with Crippen molar-refractivity contribution in [2.75, 3.05) is 19.6 Å². The Morgan fingerprint density at radius 3 is 2.81 bits per heavy atom. The van der Waals surface area contributed by atoms with E-state index in [2.05, 4.69) is 23.2 Å². The first-order valence-corrected chi connectivity index (χ1v) is 11.7. The molecule has 2 aliphatic rings. The van der Waals surface area contributed by atoms with Crippen molar-refractivity contribution in [3.63, 3.8) is 0 Å². The minimum atomic E-state index is -0.213. The largest absolute Gasteiger partial charge is 0.356 e. The number of fused-ring (bicyclic) bond motifs is 3. The molecular weight excluding hydrogens is 400 g/mol. The number of carbonyl (C=O) groups is 2. The van der Waals surface area contributed by atoms with Crippen LogP contribution in [0.1, 0.15) is 60.8 Å². The number of rotatable bonds is 5. The van der Waals surface area contributed by atoms with E-state index in [0.717, 1.165) is 48.4 Å². The normalized spacial score (nSPS) is 18.8. The molecule has 0 radical (unpaired) electrons. The van der Waals surface area contributed by atoms with Gasteiger partial charge in [-0.15, -0.1) is 0 Å². The highest BCUT2D eigenvalue weighted by Gasteiger charge is 2.35. The van der Waals surface area contributed by atoms with Crippen molar-refractivity contribution in [1.29, 1.82) is 0 Å². The topological polar surface area (TPSA) is 69.3 Å². The summed E-state index contributed by atoms with van der Waals surface area (Å²) < 4.78 is 0. The number of benzene rings is 1. The Kier molecular flexibility index (Phi) is 5.68. The third-order valence-corrected chi connectivity index (χ3v) is 6.78. The molecule has 2 aliphatic heterocycles. The number of piperidine rings is 1. The lowest BCUT2D eigenvalue weighted by Crippen LogP contribution is -2.41. The summed E-state index contributed by atoms with van der Waals surface area (Å²) in [5, 5.41) is 1.23. The third kappa shape index (κ3) is 3.90. The Labute approximate surface area is 188 Å². The minimum absolute atomic E-state index is 0.132. The van der Waals surface area contributed by atoms with E-state index in [9.17, 15) is 9.59 Å². The number of carbonyl (C=O) groups excluding carboxylic acids is 2. The number of hydrogen-bond acceptors (Lipinski definition) is 3. The van der Waals surface area contributed by atoms with Crippen LogP contribution in [-0.2, 0) is 16.0 Å². The van der Waals surface area contributed by atoms with E-state index in [1.165, 1.54) is 10.9 Å². The van der Waals surface area contributed by atoms with Gasteiger partial charge in [0, 0.05) is 54.8 Å². The quantitative estimate of drug-likeness (QED) is 0.661. The Hall–Kier alpha value is -3.15. The number of hydrogen-bond donors (Lipinski definition) is 1. The van der Waals surface area contributed by atoms with Gasteiger partial charge in [-0.3, -0.25) is 14.6 Å². The number of nitrogens with one attached hydrogen (secondary N) is 1. The zero-order valence-corrected chi connectivity index (χ0v) is 18.6. The summed E-state index contributed by atoms with van der Waals surface area (Å²) >= 11 is 0. The molecule has 0 aliphatic carbocycles. The van der Waals surface area contributed by atoms with Gasteiger partial charge in [0.05, 0.1) is 5.69 Å². The van der Waals surface area contributed by atoms with Gasteiger partial charge in [0.25, 0.3) is 0 Å². The fourth-order valence-corrected chi connectivity index (χ4v) is 5.20. The van der Waals surface area contributed by atoms with Gasteiger partial charge >= 0.3 is 0 Å². The van der Waals surface area contributed by atoms with Gasteiger partial charge in [-0.1, -0.05) is 24.3 Å². The zero-order valence-electron chi connectivity index (χ0n) is 18.6. The van der Waals surface area contributed by atoms with Crippen molar-refractivity contribution in [2.45, 2.75) is 51.5 Å². The maximum atomic E-state index is 13.4. The lowest BCUT2D eigenvalue weighted by molar-refractivity contribution is -0.136. The summed E-state index contributed by atoms with van der Waals surface area (Å²) in [5.41, 5.74) is 5.32. The maximum absolute atomic E-state index is 13.4. The Morgan fingerprint density at radius 1 is 1.09 bits per heavy atom. The molecule has 5 rings (SSSR count). The van der Waals surface area contributed by atoms with Crippen molar-refractivity contribution in [1.82, 2.24) is 19.8 Å². The van der Waals surface area contributed by atoms with E-state index in [-0.39, 0.29) is 17.9 Å². The van der Waals surface area contributed by atoms with Crippen LogP contribution in [-0.4, -0.2) is 51.2 Å². The molecule has 4 heterocycles. The van der Waals surface area contributed by atoms with Crippen LogP contribution in [0.15, 0.2) is 42.5 Å². The molecule has 3 aromatic rings. The molecule has 0 spiro atoms. The molecule has 1 N–H and O–H groups in total. The van der Waals surface area contributed by atoms with E-state index >= 15 is 0 Å². The molecule has 0 saturated carbocycles. The SMILES string of the molecule is Cc1cccc([C@@H]2c3[nH]c4ccccc4c3CCN2C(=O)CCCN2CCCCC2=O)n1.